The number of aliphatic carboxylic acids is 1. The molecule has 7 nitrogen and oxygen atoms in total. The molecule has 2 N–H and O–H groups in total. The number of ether oxygens (including phenoxy) is 1. The van der Waals surface area contributed by atoms with Crippen molar-refractivity contribution in [3.8, 4) is 6.07 Å². The molecule has 1 aliphatic heterocycles. The highest BCUT2D eigenvalue weighted by atomic mass is 16.5. The molecule has 0 aliphatic carbocycles. The van der Waals surface area contributed by atoms with Crippen LogP contribution < -0.4 is 0 Å². The number of amides is 1. The van der Waals surface area contributed by atoms with E-state index in [9.17, 15) is 25.1 Å². The zero-order valence-electron chi connectivity index (χ0n) is 13.2. The number of methoxy groups -OCH3 is 1. The largest absolute Gasteiger partial charge is 0.478 e. The topological polar surface area (TPSA) is 111 Å². The highest BCUT2D eigenvalue weighted by Gasteiger charge is 2.35. The second-order valence-corrected chi connectivity index (χ2v) is 5.10. The van der Waals surface area contributed by atoms with Crippen LogP contribution in [0.25, 0.3) is 0 Å². The van der Waals surface area contributed by atoms with E-state index in [1.165, 1.54) is 20.1 Å². The Morgan fingerprint density at radius 3 is 2.58 bits per heavy atom. The molecule has 7 heteroatoms. The third-order valence-corrected chi connectivity index (χ3v) is 3.85. The van der Waals surface area contributed by atoms with Gasteiger partial charge < -0.3 is 14.9 Å². The highest BCUT2D eigenvalue weighted by Crippen LogP contribution is 2.37. The smallest absolute Gasteiger partial charge is 0.418 e. The number of nitriles is 1. The van der Waals surface area contributed by atoms with Crippen LogP contribution in [0.1, 0.15) is 24.0 Å². The lowest BCUT2D eigenvalue weighted by molar-refractivity contribution is -0.133. The molecule has 1 aromatic rings. The second-order valence-electron chi connectivity index (χ2n) is 5.10. The van der Waals surface area contributed by atoms with Gasteiger partial charge in [0.2, 0.25) is 0 Å². The number of benzene rings is 1. The van der Waals surface area contributed by atoms with Crippen molar-refractivity contribution < 1.29 is 24.5 Å². The summed E-state index contributed by atoms with van der Waals surface area (Å²) in [6.07, 6.45) is 0.669. The summed E-state index contributed by atoms with van der Waals surface area (Å²) in [5.74, 6) is -1.98. The minimum atomic E-state index is -1.22. The summed E-state index contributed by atoms with van der Waals surface area (Å²) < 4.78 is 4.66. The molecule has 2 rings (SSSR count). The number of hydrogen-bond acceptors (Lipinski definition) is 5. The molecule has 0 radical (unpaired) electrons. The highest BCUT2D eigenvalue weighted by molar-refractivity contribution is 5.92. The molecule has 1 aromatic carbocycles. The summed E-state index contributed by atoms with van der Waals surface area (Å²) >= 11 is 0. The lowest BCUT2D eigenvalue weighted by Crippen LogP contribution is -2.36. The first-order valence-electron chi connectivity index (χ1n) is 7.09. The van der Waals surface area contributed by atoms with Crippen molar-refractivity contribution in [3.05, 3.63) is 58.4 Å². The number of hydrogen-bond donors (Lipinski definition) is 2. The minimum Gasteiger partial charge on any atom is -0.478 e. The van der Waals surface area contributed by atoms with Gasteiger partial charge in [0.25, 0.3) is 0 Å². The van der Waals surface area contributed by atoms with E-state index in [4.69, 9.17) is 0 Å². The fourth-order valence-corrected chi connectivity index (χ4v) is 2.78. The maximum absolute atomic E-state index is 12.0. The lowest BCUT2D eigenvalue weighted by atomic mass is 9.84. The molecule has 0 fully saturated rings. The first kappa shape index (κ1) is 17.2. The van der Waals surface area contributed by atoms with E-state index in [0.29, 0.717) is 11.1 Å². The van der Waals surface area contributed by atoms with Crippen LogP contribution in [0.5, 0.6) is 0 Å². The molecule has 0 saturated heterocycles. The number of aliphatic hydroxyl groups excluding tert-OH is 1. The average Bonchev–Trinajstić information content (AvgIpc) is 2.59. The van der Waals surface area contributed by atoms with E-state index >= 15 is 0 Å². The zero-order chi connectivity index (χ0) is 17.9. The van der Waals surface area contributed by atoms with Gasteiger partial charge in [-0.3, -0.25) is 4.90 Å². The predicted octanol–water partition coefficient (Wildman–Crippen LogP) is 1.96. The second kappa shape index (κ2) is 6.98. The average molecular weight is 328 g/mol. The van der Waals surface area contributed by atoms with Gasteiger partial charge in [0.15, 0.2) is 0 Å². The van der Waals surface area contributed by atoms with Gasteiger partial charge >= 0.3 is 12.1 Å². The van der Waals surface area contributed by atoms with E-state index < -0.39 is 24.6 Å². The van der Waals surface area contributed by atoms with E-state index in [0.717, 1.165) is 4.90 Å². The summed E-state index contributed by atoms with van der Waals surface area (Å²) in [5.41, 5.74) is 1.10. The normalized spacial score (nSPS) is 17.2. The van der Waals surface area contributed by atoms with Crippen molar-refractivity contribution in [2.45, 2.75) is 12.8 Å². The summed E-state index contributed by atoms with van der Waals surface area (Å²) in [6, 6.07) is 8.65. The van der Waals surface area contributed by atoms with E-state index in [1.807, 2.05) is 6.07 Å². The van der Waals surface area contributed by atoms with Crippen molar-refractivity contribution in [1.82, 2.24) is 4.90 Å². The maximum Gasteiger partial charge on any atom is 0.418 e. The SMILES string of the molecule is COC(=O)N1C(CO)=CC(c2ccccc2C#N)C(C(=O)O)=C1C. The number of nitrogens with zero attached hydrogens (tertiary/aromatic N) is 2. The fourth-order valence-electron chi connectivity index (χ4n) is 2.78. The summed E-state index contributed by atoms with van der Waals surface area (Å²) in [6.45, 7) is 0.982. The van der Waals surface area contributed by atoms with Gasteiger partial charge in [0.1, 0.15) is 0 Å². The van der Waals surface area contributed by atoms with E-state index in [1.54, 1.807) is 24.3 Å². The van der Waals surface area contributed by atoms with Crippen LogP contribution >= 0.6 is 0 Å². The monoisotopic (exact) mass is 328 g/mol. The van der Waals surface area contributed by atoms with Gasteiger partial charge in [0, 0.05) is 11.6 Å². The third-order valence-electron chi connectivity index (χ3n) is 3.85. The van der Waals surface area contributed by atoms with Crippen LogP contribution in [0.15, 0.2) is 47.3 Å². The molecule has 0 spiro atoms. The fraction of sp³-hybridized carbons (Fsp3) is 0.235. The standard InChI is InChI=1S/C17H16N2O5/c1-10-15(16(21)22)14(13-6-4-3-5-11(13)8-18)7-12(9-20)19(10)17(23)24-2/h3-7,14,20H,9H2,1-2H3,(H,21,22). The minimum absolute atomic E-state index is 0.0553. The van der Waals surface area contributed by atoms with Crippen LogP contribution in [0.3, 0.4) is 0 Å². The first-order valence-corrected chi connectivity index (χ1v) is 7.09. The Hall–Kier alpha value is -3.11. The Bertz CT molecular complexity index is 788. The molecule has 0 bridgehead atoms. The van der Waals surface area contributed by atoms with Crippen molar-refractivity contribution in [2.24, 2.45) is 0 Å². The van der Waals surface area contributed by atoms with Gasteiger partial charge in [-0.25, -0.2) is 9.59 Å². The molecule has 24 heavy (non-hydrogen) atoms. The van der Waals surface area contributed by atoms with Gasteiger partial charge in [-0.2, -0.15) is 5.26 Å². The summed E-state index contributed by atoms with van der Waals surface area (Å²) in [7, 11) is 1.17. The van der Waals surface area contributed by atoms with E-state index in [-0.39, 0.29) is 17.0 Å². The summed E-state index contributed by atoms with van der Waals surface area (Å²) in [5, 5.41) is 28.5. The van der Waals surface area contributed by atoms with Gasteiger partial charge in [-0.1, -0.05) is 18.2 Å². The first-order chi connectivity index (χ1) is 11.5. The van der Waals surface area contributed by atoms with Crippen LogP contribution in [0.4, 0.5) is 4.79 Å². The molecular weight excluding hydrogens is 312 g/mol. The third kappa shape index (κ3) is 2.87. The Morgan fingerprint density at radius 1 is 1.38 bits per heavy atom. The Labute approximate surface area is 138 Å². The van der Waals surface area contributed by atoms with Crippen molar-refractivity contribution in [2.75, 3.05) is 13.7 Å². The number of carbonyl (C=O) groups is 2. The Balaban J connectivity index is 2.70. The molecule has 0 saturated carbocycles. The van der Waals surface area contributed by atoms with Gasteiger partial charge in [0.05, 0.1) is 36.6 Å². The number of carboxylic acids is 1. The number of aliphatic hydroxyl groups is 1. The van der Waals surface area contributed by atoms with Crippen LogP contribution in [0, 0.1) is 11.3 Å². The van der Waals surface area contributed by atoms with Crippen LogP contribution in [-0.2, 0) is 9.53 Å². The van der Waals surface area contributed by atoms with E-state index in [2.05, 4.69) is 4.74 Å². The van der Waals surface area contributed by atoms with Crippen molar-refractivity contribution >= 4 is 12.1 Å². The predicted molar refractivity (Wildman–Crippen MR) is 83.6 cm³/mol. The van der Waals surface area contributed by atoms with Crippen LogP contribution in [0.2, 0.25) is 0 Å². The molecule has 124 valence electrons. The number of allylic oxidation sites excluding steroid dienone is 2. The number of rotatable bonds is 3. The molecule has 1 amide bonds. The molecule has 1 unspecified atom stereocenters. The van der Waals surface area contributed by atoms with Gasteiger partial charge in [-0.05, 0) is 24.6 Å². The quantitative estimate of drug-likeness (QED) is 0.877. The number of carboxylic acid groups (broad SMARTS) is 1. The van der Waals surface area contributed by atoms with Crippen LogP contribution in [-0.4, -0.2) is 40.9 Å². The Kier molecular flexibility index (Phi) is 5.02. The maximum atomic E-state index is 12.0. The Morgan fingerprint density at radius 2 is 2.04 bits per heavy atom. The van der Waals surface area contributed by atoms with Crippen molar-refractivity contribution in [1.29, 1.82) is 5.26 Å². The van der Waals surface area contributed by atoms with Gasteiger partial charge in [-0.15, -0.1) is 0 Å². The zero-order valence-corrected chi connectivity index (χ0v) is 13.2. The summed E-state index contributed by atoms with van der Waals surface area (Å²) in [4.78, 5) is 24.8. The molecule has 1 atom stereocenters. The lowest BCUT2D eigenvalue weighted by Gasteiger charge is -2.32. The molecule has 1 heterocycles. The molecule has 1 aliphatic rings. The number of carbonyl (C=O) groups excluding carboxylic acids is 1. The molecule has 0 aromatic heterocycles. The molecular formula is C17H16N2O5. The van der Waals surface area contributed by atoms with Crippen molar-refractivity contribution in [3.63, 3.8) is 0 Å².